The van der Waals surface area contributed by atoms with Crippen molar-refractivity contribution in [1.82, 2.24) is 19.9 Å². The molecule has 8 heteroatoms. The van der Waals surface area contributed by atoms with Crippen LogP contribution in [-0.4, -0.2) is 34.2 Å². The van der Waals surface area contributed by atoms with E-state index in [0.29, 0.717) is 34.7 Å². The average Bonchev–Trinajstić information content (AvgIpc) is 3.25. The van der Waals surface area contributed by atoms with Gasteiger partial charge in [0.25, 0.3) is 5.91 Å². The second kappa shape index (κ2) is 9.36. The second-order valence-electron chi connectivity index (χ2n) is 6.01. The molecule has 3 rings (SSSR count). The van der Waals surface area contributed by atoms with Gasteiger partial charge < -0.3 is 14.8 Å². The SMILES string of the molecule is CCCOc1c(Br)cc(C(=O)NCc2ccnc(-n3ccnc3)c2)cc1OC. The summed E-state index contributed by atoms with van der Waals surface area (Å²) in [6.45, 7) is 2.97. The predicted molar refractivity (Wildman–Crippen MR) is 109 cm³/mol. The van der Waals surface area contributed by atoms with E-state index in [2.05, 4.69) is 31.2 Å². The van der Waals surface area contributed by atoms with Crippen LogP contribution in [0, 0.1) is 0 Å². The van der Waals surface area contributed by atoms with Gasteiger partial charge in [-0.3, -0.25) is 9.36 Å². The summed E-state index contributed by atoms with van der Waals surface area (Å²) < 4.78 is 13.6. The van der Waals surface area contributed by atoms with E-state index in [9.17, 15) is 4.79 Å². The van der Waals surface area contributed by atoms with E-state index in [1.807, 2.05) is 29.8 Å². The fourth-order valence-corrected chi connectivity index (χ4v) is 3.14. The molecule has 146 valence electrons. The van der Waals surface area contributed by atoms with E-state index < -0.39 is 0 Å². The number of nitrogens with zero attached hydrogens (tertiary/aromatic N) is 3. The molecule has 3 aromatic rings. The standard InChI is InChI=1S/C20H21BrN4O3/c1-3-8-28-19-16(21)10-15(11-17(19)27-2)20(26)24-12-14-4-5-23-18(9-14)25-7-6-22-13-25/h4-7,9-11,13H,3,8,12H2,1-2H3,(H,24,26). The number of imidazole rings is 1. The number of aromatic nitrogens is 3. The first-order valence-corrected chi connectivity index (χ1v) is 9.63. The summed E-state index contributed by atoms with van der Waals surface area (Å²) in [6, 6.07) is 7.17. The molecule has 7 nitrogen and oxygen atoms in total. The molecule has 1 amide bonds. The van der Waals surface area contributed by atoms with Crippen LogP contribution in [0.3, 0.4) is 0 Å². The molecule has 0 radical (unpaired) electrons. The zero-order valence-electron chi connectivity index (χ0n) is 15.7. The van der Waals surface area contributed by atoms with Crippen LogP contribution in [-0.2, 0) is 6.54 Å². The number of ether oxygens (including phenoxy) is 2. The Morgan fingerprint density at radius 1 is 1.29 bits per heavy atom. The van der Waals surface area contributed by atoms with E-state index >= 15 is 0 Å². The molecule has 1 N–H and O–H groups in total. The molecule has 0 spiro atoms. The third-order valence-electron chi connectivity index (χ3n) is 3.97. The average molecular weight is 445 g/mol. The van der Waals surface area contributed by atoms with Gasteiger partial charge in [0.2, 0.25) is 0 Å². The Bertz CT molecular complexity index is 945. The molecule has 28 heavy (non-hydrogen) atoms. The Morgan fingerprint density at radius 2 is 2.14 bits per heavy atom. The molecule has 2 aromatic heterocycles. The molecule has 0 saturated carbocycles. The van der Waals surface area contributed by atoms with Crippen molar-refractivity contribution in [2.75, 3.05) is 13.7 Å². The largest absolute Gasteiger partial charge is 0.493 e. The summed E-state index contributed by atoms with van der Waals surface area (Å²) >= 11 is 3.46. The number of methoxy groups -OCH3 is 1. The molecule has 0 atom stereocenters. The summed E-state index contributed by atoms with van der Waals surface area (Å²) in [6.07, 6.45) is 7.77. The van der Waals surface area contributed by atoms with Gasteiger partial charge in [-0.1, -0.05) is 6.92 Å². The lowest BCUT2D eigenvalue weighted by Gasteiger charge is -2.14. The Labute approximate surface area is 171 Å². The maximum Gasteiger partial charge on any atom is 0.251 e. The number of amides is 1. The topological polar surface area (TPSA) is 78.3 Å². The number of halogens is 1. The monoisotopic (exact) mass is 444 g/mol. The van der Waals surface area contributed by atoms with Crippen molar-refractivity contribution < 1.29 is 14.3 Å². The van der Waals surface area contributed by atoms with Crippen molar-refractivity contribution in [2.24, 2.45) is 0 Å². The third kappa shape index (κ3) is 4.69. The summed E-state index contributed by atoms with van der Waals surface area (Å²) in [7, 11) is 1.55. The van der Waals surface area contributed by atoms with Crippen molar-refractivity contribution in [3.05, 3.63) is 64.8 Å². The van der Waals surface area contributed by atoms with Crippen LogP contribution in [0.25, 0.3) is 5.82 Å². The highest BCUT2D eigenvalue weighted by atomic mass is 79.9. The lowest BCUT2D eigenvalue weighted by Crippen LogP contribution is -2.23. The molecule has 0 aliphatic rings. The molecule has 2 heterocycles. The van der Waals surface area contributed by atoms with Crippen LogP contribution in [0.5, 0.6) is 11.5 Å². The van der Waals surface area contributed by atoms with E-state index in [-0.39, 0.29) is 5.91 Å². The normalized spacial score (nSPS) is 10.5. The molecule has 0 bridgehead atoms. The quantitative estimate of drug-likeness (QED) is 0.572. The number of nitrogens with one attached hydrogen (secondary N) is 1. The van der Waals surface area contributed by atoms with Gasteiger partial charge >= 0.3 is 0 Å². The lowest BCUT2D eigenvalue weighted by molar-refractivity contribution is 0.0950. The van der Waals surface area contributed by atoms with E-state index in [4.69, 9.17) is 9.47 Å². The minimum Gasteiger partial charge on any atom is -0.493 e. The molecule has 0 fully saturated rings. The fourth-order valence-electron chi connectivity index (χ4n) is 2.59. The minimum atomic E-state index is -0.206. The Balaban J connectivity index is 1.71. The van der Waals surface area contributed by atoms with Gasteiger partial charge in [-0.15, -0.1) is 0 Å². The number of carbonyl (C=O) groups excluding carboxylic acids is 1. The molecule has 0 saturated heterocycles. The minimum absolute atomic E-state index is 0.206. The Morgan fingerprint density at radius 3 is 2.86 bits per heavy atom. The Kier molecular flexibility index (Phi) is 6.65. The number of benzene rings is 1. The van der Waals surface area contributed by atoms with Gasteiger partial charge in [0.15, 0.2) is 11.5 Å². The van der Waals surface area contributed by atoms with Crippen molar-refractivity contribution in [1.29, 1.82) is 0 Å². The molecule has 1 aromatic carbocycles. The van der Waals surface area contributed by atoms with Crippen LogP contribution < -0.4 is 14.8 Å². The molecule has 0 unspecified atom stereocenters. The fraction of sp³-hybridized carbons (Fsp3) is 0.250. The van der Waals surface area contributed by atoms with Gasteiger partial charge in [0.05, 0.1) is 18.2 Å². The van der Waals surface area contributed by atoms with Crippen molar-refractivity contribution in [2.45, 2.75) is 19.9 Å². The number of pyridine rings is 1. The summed E-state index contributed by atoms with van der Waals surface area (Å²) in [5.74, 6) is 1.65. The predicted octanol–water partition coefficient (Wildman–Crippen LogP) is 3.76. The second-order valence-corrected chi connectivity index (χ2v) is 6.87. The van der Waals surface area contributed by atoms with Crippen molar-refractivity contribution in [3.8, 4) is 17.3 Å². The summed E-state index contributed by atoms with van der Waals surface area (Å²) in [5.41, 5.74) is 1.41. The van der Waals surface area contributed by atoms with E-state index in [0.717, 1.165) is 17.8 Å². The van der Waals surface area contributed by atoms with Crippen LogP contribution >= 0.6 is 15.9 Å². The van der Waals surface area contributed by atoms with Crippen LogP contribution in [0.4, 0.5) is 0 Å². The van der Waals surface area contributed by atoms with Gasteiger partial charge in [-0.2, -0.15) is 0 Å². The first-order chi connectivity index (χ1) is 13.6. The van der Waals surface area contributed by atoms with Crippen LogP contribution in [0.2, 0.25) is 0 Å². The highest BCUT2D eigenvalue weighted by Crippen LogP contribution is 2.36. The third-order valence-corrected chi connectivity index (χ3v) is 4.56. The first-order valence-electron chi connectivity index (χ1n) is 8.84. The maximum atomic E-state index is 12.6. The summed E-state index contributed by atoms with van der Waals surface area (Å²) in [5, 5.41) is 2.92. The number of hydrogen-bond acceptors (Lipinski definition) is 5. The highest BCUT2D eigenvalue weighted by Gasteiger charge is 2.15. The van der Waals surface area contributed by atoms with Gasteiger partial charge in [0, 0.05) is 30.7 Å². The lowest BCUT2D eigenvalue weighted by atomic mass is 10.1. The van der Waals surface area contributed by atoms with Crippen molar-refractivity contribution in [3.63, 3.8) is 0 Å². The van der Waals surface area contributed by atoms with Gasteiger partial charge in [-0.25, -0.2) is 9.97 Å². The first kappa shape index (κ1) is 19.9. The summed E-state index contributed by atoms with van der Waals surface area (Å²) in [4.78, 5) is 20.9. The van der Waals surface area contributed by atoms with Crippen LogP contribution in [0.15, 0.2) is 53.7 Å². The van der Waals surface area contributed by atoms with Crippen LogP contribution in [0.1, 0.15) is 29.3 Å². The smallest absolute Gasteiger partial charge is 0.251 e. The zero-order chi connectivity index (χ0) is 19.9. The highest BCUT2D eigenvalue weighted by molar-refractivity contribution is 9.10. The number of carbonyl (C=O) groups is 1. The molecular weight excluding hydrogens is 424 g/mol. The molecule has 0 aliphatic heterocycles. The van der Waals surface area contributed by atoms with Crippen molar-refractivity contribution >= 4 is 21.8 Å². The molecule has 0 aliphatic carbocycles. The van der Waals surface area contributed by atoms with Gasteiger partial charge in [0.1, 0.15) is 12.1 Å². The van der Waals surface area contributed by atoms with Gasteiger partial charge in [-0.05, 0) is 52.2 Å². The van der Waals surface area contributed by atoms with E-state index in [1.165, 1.54) is 0 Å². The number of rotatable bonds is 8. The zero-order valence-corrected chi connectivity index (χ0v) is 17.3. The number of hydrogen-bond donors (Lipinski definition) is 1. The molecular formula is C20H21BrN4O3. The van der Waals surface area contributed by atoms with E-state index in [1.54, 1.807) is 38.0 Å². The Hall–Kier alpha value is -2.87. The maximum absolute atomic E-state index is 12.6.